The molecule has 0 bridgehead atoms. The summed E-state index contributed by atoms with van der Waals surface area (Å²) >= 11 is 3.53. The minimum Gasteiger partial charge on any atom is -0.496 e. The van der Waals surface area contributed by atoms with Crippen LogP contribution in [0.3, 0.4) is 0 Å². The lowest BCUT2D eigenvalue weighted by Gasteiger charge is -2.28. The van der Waals surface area contributed by atoms with Crippen LogP contribution in [0.25, 0.3) is 5.76 Å². The summed E-state index contributed by atoms with van der Waals surface area (Å²) in [5, 5.41) is 0. The molecular formula is C20H21BrO. The van der Waals surface area contributed by atoms with Gasteiger partial charge >= 0.3 is 0 Å². The van der Waals surface area contributed by atoms with Crippen LogP contribution in [0.5, 0.6) is 0 Å². The van der Waals surface area contributed by atoms with Gasteiger partial charge in [-0.05, 0) is 42.5 Å². The van der Waals surface area contributed by atoms with Crippen molar-refractivity contribution >= 4 is 21.7 Å². The van der Waals surface area contributed by atoms with Gasteiger partial charge in [0, 0.05) is 15.5 Å². The van der Waals surface area contributed by atoms with E-state index in [2.05, 4.69) is 77.5 Å². The number of hydrogen-bond acceptors (Lipinski definition) is 1. The molecule has 0 aromatic heterocycles. The fourth-order valence-corrected chi connectivity index (χ4v) is 3.33. The van der Waals surface area contributed by atoms with Crippen LogP contribution in [0.4, 0.5) is 0 Å². The van der Waals surface area contributed by atoms with Crippen LogP contribution in [0.1, 0.15) is 30.9 Å². The SMILES string of the molecule is CO/C(=C/C(C)(c1ccc(Br)cc1)C1CC1)c1ccccc1. The van der Waals surface area contributed by atoms with Crippen molar-refractivity contribution in [1.29, 1.82) is 0 Å². The molecule has 2 aromatic rings. The largest absolute Gasteiger partial charge is 0.496 e. The molecule has 1 atom stereocenters. The Morgan fingerprint density at radius 1 is 1.09 bits per heavy atom. The zero-order chi connectivity index (χ0) is 15.6. The van der Waals surface area contributed by atoms with Crippen LogP contribution >= 0.6 is 15.9 Å². The van der Waals surface area contributed by atoms with Crippen LogP contribution in [-0.2, 0) is 10.2 Å². The molecular weight excluding hydrogens is 336 g/mol. The van der Waals surface area contributed by atoms with Crippen molar-refractivity contribution in [2.45, 2.75) is 25.2 Å². The molecule has 1 nitrogen and oxygen atoms in total. The average Bonchev–Trinajstić information content (AvgIpc) is 3.39. The third-order valence-corrected chi connectivity index (χ3v) is 5.13. The monoisotopic (exact) mass is 356 g/mol. The van der Waals surface area contributed by atoms with E-state index in [0.717, 1.165) is 15.8 Å². The zero-order valence-corrected chi connectivity index (χ0v) is 14.6. The predicted molar refractivity (Wildman–Crippen MR) is 95.6 cm³/mol. The normalized spacial score (nSPS) is 17.9. The first kappa shape index (κ1) is 15.4. The second-order valence-electron chi connectivity index (χ2n) is 6.14. The molecule has 0 aliphatic heterocycles. The maximum absolute atomic E-state index is 5.71. The molecule has 1 aliphatic rings. The van der Waals surface area contributed by atoms with Gasteiger partial charge < -0.3 is 4.74 Å². The van der Waals surface area contributed by atoms with E-state index in [1.807, 2.05) is 6.07 Å². The van der Waals surface area contributed by atoms with Gasteiger partial charge in [0.25, 0.3) is 0 Å². The van der Waals surface area contributed by atoms with E-state index in [4.69, 9.17) is 4.74 Å². The summed E-state index contributed by atoms with van der Waals surface area (Å²) < 4.78 is 6.83. The van der Waals surface area contributed by atoms with Gasteiger partial charge in [0.2, 0.25) is 0 Å². The van der Waals surface area contributed by atoms with Crippen molar-refractivity contribution in [3.63, 3.8) is 0 Å². The van der Waals surface area contributed by atoms with Crippen molar-refractivity contribution < 1.29 is 4.74 Å². The van der Waals surface area contributed by atoms with E-state index in [9.17, 15) is 0 Å². The Labute approximate surface area is 141 Å². The van der Waals surface area contributed by atoms with Gasteiger partial charge in [0.05, 0.1) is 7.11 Å². The maximum atomic E-state index is 5.71. The minimum absolute atomic E-state index is 0.0158. The maximum Gasteiger partial charge on any atom is 0.122 e. The number of halogens is 1. The smallest absolute Gasteiger partial charge is 0.122 e. The van der Waals surface area contributed by atoms with Gasteiger partial charge in [-0.25, -0.2) is 0 Å². The van der Waals surface area contributed by atoms with E-state index in [1.54, 1.807) is 7.11 Å². The molecule has 2 aromatic carbocycles. The molecule has 1 saturated carbocycles. The molecule has 22 heavy (non-hydrogen) atoms. The second kappa shape index (κ2) is 6.29. The first-order valence-electron chi connectivity index (χ1n) is 7.72. The van der Waals surface area contributed by atoms with Gasteiger partial charge in [-0.1, -0.05) is 65.3 Å². The molecule has 0 heterocycles. The van der Waals surface area contributed by atoms with Gasteiger partial charge in [-0.2, -0.15) is 0 Å². The van der Waals surface area contributed by atoms with Crippen LogP contribution in [-0.4, -0.2) is 7.11 Å². The average molecular weight is 357 g/mol. The van der Waals surface area contributed by atoms with Gasteiger partial charge in [-0.3, -0.25) is 0 Å². The summed E-state index contributed by atoms with van der Waals surface area (Å²) in [4.78, 5) is 0. The lowest BCUT2D eigenvalue weighted by atomic mass is 9.77. The first-order valence-corrected chi connectivity index (χ1v) is 8.51. The van der Waals surface area contributed by atoms with E-state index in [-0.39, 0.29) is 5.41 Å². The van der Waals surface area contributed by atoms with Crippen molar-refractivity contribution in [2.75, 3.05) is 7.11 Å². The van der Waals surface area contributed by atoms with Gasteiger partial charge in [-0.15, -0.1) is 0 Å². The van der Waals surface area contributed by atoms with Gasteiger partial charge in [0.1, 0.15) is 5.76 Å². The Kier molecular flexibility index (Phi) is 4.39. The summed E-state index contributed by atoms with van der Waals surface area (Å²) in [5.41, 5.74) is 2.50. The fraction of sp³-hybridized carbons (Fsp3) is 0.300. The highest BCUT2D eigenvalue weighted by molar-refractivity contribution is 9.10. The predicted octanol–water partition coefficient (Wildman–Crippen LogP) is 5.80. The molecule has 1 unspecified atom stereocenters. The van der Waals surface area contributed by atoms with Crippen molar-refractivity contribution in [2.24, 2.45) is 5.92 Å². The second-order valence-corrected chi connectivity index (χ2v) is 7.06. The van der Waals surface area contributed by atoms with Crippen LogP contribution < -0.4 is 0 Å². The number of hydrogen-bond donors (Lipinski definition) is 0. The molecule has 0 saturated heterocycles. The van der Waals surface area contributed by atoms with Crippen LogP contribution in [0, 0.1) is 5.92 Å². The quantitative estimate of drug-likeness (QED) is 0.614. The van der Waals surface area contributed by atoms with Crippen LogP contribution in [0.2, 0.25) is 0 Å². The number of allylic oxidation sites excluding steroid dienone is 1. The summed E-state index contributed by atoms with van der Waals surface area (Å²) in [6, 6.07) is 19.0. The van der Waals surface area contributed by atoms with Crippen molar-refractivity contribution in [3.05, 3.63) is 76.3 Å². The molecule has 114 valence electrons. The Morgan fingerprint density at radius 3 is 2.27 bits per heavy atom. The van der Waals surface area contributed by atoms with E-state index in [0.29, 0.717) is 5.92 Å². The molecule has 1 aliphatic carbocycles. The fourth-order valence-electron chi connectivity index (χ4n) is 3.06. The summed E-state index contributed by atoms with van der Waals surface area (Å²) in [7, 11) is 1.76. The Morgan fingerprint density at radius 2 is 1.73 bits per heavy atom. The Bertz CT molecular complexity index is 656. The molecule has 0 radical (unpaired) electrons. The van der Waals surface area contributed by atoms with E-state index < -0.39 is 0 Å². The summed E-state index contributed by atoms with van der Waals surface area (Å²) in [5.74, 6) is 1.65. The molecule has 2 heteroatoms. The van der Waals surface area contributed by atoms with Crippen LogP contribution in [0.15, 0.2) is 65.1 Å². The first-order chi connectivity index (χ1) is 10.6. The third kappa shape index (κ3) is 3.12. The standard InChI is InChI=1S/C20H21BrO/c1-20(16-8-9-16,17-10-12-18(21)13-11-17)14-19(22-2)15-6-4-3-5-7-15/h3-7,10-14,16H,8-9H2,1-2H3/b19-14+. The molecule has 1 fully saturated rings. The number of rotatable bonds is 5. The number of ether oxygens (including phenoxy) is 1. The zero-order valence-electron chi connectivity index (χ0n) is 13.1. The van der Waals surface area contributed by atoms with Crippen molar-refractivity contribution in [1.82, 2.24) is 0 Å². The Balaban J connectivity index is 2.03. The van der Waals surface area contributed by atoms with Crippen molar-refractivity contribution in [3.8, 4) is 0 Å². The number of benzene rings is 2. The van der Waals surface area contributed by atoms with Gasteiger partial charge in [0.15, 0.2) is 0 Å². The Hall–Kier alpha value is -1.54. The lowest BCUT2D eigenvalue weighted by molar-refractivity contribution is 0.361. The highest BCUT2D eigenvalue weighted by Crippen LogP contribution is 2.49. The third-order valence-electron chi connectivity index (χ3n) is 4.60. The highest BCUT2D eigenvalue weighted by Gasteiger charge is 2.41. The highest BCUT2D eigenvalue weighted by atomic mass is 79.9. The van der Waals surface area contributed by atoms with E-state index >= 15 is 0 Å². The number of methoxy groups -OCH3 is 1. The topological polar surface area (TPSA) is 9.23 Å². The lowest BCUT2D eigenvalue weighted by Crippen LogP contribution is -2.22. The summed E-state index contributed by atoms with van der Waals surface area (Å²) in [6.07, 6.45) is 4.88. The molecule has 3 rings (SSSR count). The summed E-state index contributed by atoms with van der Waals surface area (Å²) in [6.45, 7) is 2.33. The minimum atomic E-state index is 0.0158. The van der Waals surface area contributed by atoms with E-state index in [1.165, 1.54) is 18.4 Å². The molecule has 0 N–H and O–H groups in total. The molecule has 0 spiro atoms. The molecule has 0 amide bonds.